The summed E-state index contributed by atoms with van der Waals surface area (Å²) in [5.41, 5.74) is 0.850. The molecule has 1 aliphatic rings. The van der Waals surface area contributed by atoms with Crippen LogP contribution < -0.4 is 5.32 Å². The van der Waals surface area contributed by atoms with Gasteiger partial charge in [0.2, 0.25) is 0 Å². The van der Waals surface area contributed by atoms with Crippen molar-refractivity contribution < 1.29 is 9.90 Å². The molecule has 1 aromatic carbocycles. The Balaban J connectivity index is 1.90. The number of halogens is 1. The Hall–Kier alpha value is -1.26. The van der Waals surface area contributed by atoms with Crippen molar-refractivity contribution >= 4 is 23.3 Å². The third-order valence-electron chi connectivity index (χ3n) is 3.94. The van der Waals surface area contributed by atoms with Crippen molar-refractivity contribution in [3.63, 3.8) is 0 Å². The fourth-order valence-electron chi connectivity index (χ4n) is 2.74. The van der Waals surface area contributed by atoms with E-state index in [1.165, 1.54) is 31.7 Å². The molecule has 0 spiro atoms. The molecule has 0 amide bonds. The maximum Gasteiger partial charge on any atom is 0.337 e. The van der Waals surface area contributed by atoms with Gasteiger partial charge in [-0.1, -0.05) is 24.4 Å². The van der Waals surface area contributed by atoms with Gasteiger partial charge in [-0.2, -0.15) is 0 Å². The van der Waals surface area contributed by atoms with Crippen LogP contribution in [0.4, 0.5) is 5.69 Å². The van der Waals surface area contributed by atoms with Crippen LogP contribution in [0.3, 0.4) is 0 Å². The number of carbonyl (C=O) groups is 1. The fraction of sp³-hybridized carbons (Fsp3) is 0.533. The van der Waals surface area contributed by atoms with Crippen LogP contribution in [0.15, 0.2) is 18.2 Å². The molecular weight excluding hydrogens is 276 g/mol. The summed E-state index contributed by atoms with van der Waals surface area (Å²) in [5, 5.41) is 12.9. The monoisotopic (exact) mass is 296 g/mol. The van der Waals surface area contributed by atoms with Crippen LogP contribution in [0.2, 0.25) is 5.02 Å². The van der Waals surface area contributed by atoms with Gasteiger partial charge in [0.05, 0.1) is 11.3 Å². The Morgan fingerprint density at radius 1 is 1.45 bits per heavy atom. The zero-order valence-corrected chi connectivity index (χ0v) is 12.5. The first kappa shape index (κ1) is 15.1. The molecule has 5 heteroatoms. The molecule has 0 unspecified atom stereocenters. The van der Waals surface area contributed by atoms with Crippen molar-refractivity contribution in [1.29, 1.82) is 0 Å². The van der Waals surface area contributed by atoms with Crippen LogP contribution in [0.1, 0.15) is 36.0 Å². The molecule has 0 saturated heterocycles. The number of carboxylic acids is 1. The SMILES string of the molecule is CN(CCNc1cc(Cl)ccc1C(=O)O)C1CCCC1. The van der Waals surface area contributed by atoms with Gasteiger partial charge in [0.1, 0.15) is 0 Å². The van der Waals surface area contributed by atoms with Crippen LogP contribution in [0.25, 0.3) is 0 Å². The van der Waals surface area contributed by atoms with E-state index < -0.39 is 5.97 Å². The minimum absolute atomic E-state index is 0.262. The van der Waals surface area contributed by atoms with Gasteiger partial charge in [-0.25, -0.2) is 4.79 Å². The van der Waals surface area contributed by atoms with Crippen molar-refractivity contribution in [2.24, 2.45) is 0 Å². The number of anilines is 1. The molecule has 1 saturated carbocycles. The number of likely N-dealkylation sites (N-methyl/N-ethyl adjacent to an activating group) is 1. The van der Waals surface area contributed by atoms with E-state index in [2.05, 4.69) is 17.3 Å². The summed E-state index contributed by atoms with van der Waals surface area (Å²) in [6.07, 6.45) is 5.18. The Morgan fingerprint density at radius 2 is 2.15 bits per heavy atom. The van der Waals surface area contributed by atoms with Gasteiger partial charge < -0.3 is 15.3 Å². The molecule has 1 aromatic rings. The second-order valence-electron chi connectivity index (χ2n) is 5.34. The smallest absolute Gasteiger partial charge is 0.337 e. The molecule has 0 aliphatic heterocycles. The summed E-state index contributed by atoms with van der Waals surface area (Å²) < 4.78 is 0. The van der Waals surface area contributed by atoms with Gasteiger partial charge in [0.25, 0.3) is 0 Å². The van der Waals surface area contributed by atoms with Crippen LogP contribution in [-0.4, -0.2) is 42.2 Å². The molecule has 1 fully saturated rings. The van der Waals surface area contributed by atoms with E-state index in [1.54, 1.807) is 12.1 Å². The van der Waals surface area contributed by atoms with Crippen LogP contribution in [0, 0.1) is 0 Å². The van der Waals surface area contributed by atoms with Crippen molar-refractivity contribution in [3.05, 3.63) is 28.8 Å². The normalized spacial score (nSPS) is 15.8. The topological polar surface area (TPSA) is 52.6 Å². The molecule has 20 heavy (non-hydrogen) atoms. The van der Waals surface area contributed by atoms with E-state index in [-0.39, 0.29) is 5.56 Å². The lowest BCUT2D eigenvalue weighted by Crippen LogP contribution is -2.33. The zero-order chi connectivity index (χ0) is 14.5. The number of nitrogens with zero attached hydrogens (tertiary/aromatic N) is 1. The summed E-state index contributed by atoms with van der Waals surface area (Å²) in [5.74, 6) is -0.937. The number of carboxylic acid groups (broad SMARTS) is 1. The molecule has 0 radical (unpaired) electrons. The first-order chi connectivity index (χ1) is 9.58. The average molecular weight is 297 g/mol. The maximum atomic E-state index is 11.1. The third-order valence-corrected chi connectivity index (χ3v) is 4.18. The van der Waals surface area contributed by atoms with Crippen molar-refractivity contribution in [1.82, 2.24) is 4.90 Å². The molecule has 0 aromatic heterocycles. The summed E-state index contributed by atoms with van der Waals surface area (Å²) in [6.45, 7) is 1.61. The van der Waals surface area contributed by atoms with Gasteiger partial charge in [-0.3, -0.25) is 0 Å². The molecule has 2 rings (SSSR count). The maximum absolute atomic E-state index is 11.1. The minimum Gasteiger partial charge on any atom is -0.478 e. The van der Waals surface area contributed by atoms with Crippen molar-refractivity contribution in [3.8, 4) is 0 Å². The molecule has 110 valence electrons. The van der Waals surface area contributed by atoms with E-state index in [4.69, 9.17) is 16.7 Å². The lowest BCUT2D eigenvalue weighted by molar-refractivity contribution is 0.0698. The molecule has 0 heterocycles. The standard InChI is InChI=1S/C15H21ClN2O2/c1-18(12-4-2-3-5-12)9-8-17-14-10-11(16)6-7-13(14)15(19)20/h6-7,10,12,17H,2-5,8-9H2,1H3,(H,19,20). The van der Waals surface area contributed by atoms with Gasteiger partial charge >= 0.3 is 5.97 Å². The van der Waals surface area contributed by atoms with E-state index in [9.17, 15) is 4.79 Å². The van der Waals surface area contributed by atoms with E-state index in [0.29, 0.717) is 23.3 Å². The van der Waals surface area contributed by atoms with Gasteiger partial charge in [0, 0.05) is 24.2 Å². The highest BCUT2D eigenvalue weighted by atomic mass is 35.5. The van der Waals surface area contributed by atoms with Gasteiger partial charge in [-0.15, -0.1) is 0 Å². The highest BCUT2D eigenvalue weighted by molar-refractivity contribution is 6.31. The number of nitrogens with one attached hydrogen (secondary N) is 1. The number of hydrogen-bond donors (Lipinski definition) is 2. The van der Waals surface area contributed by atoms with Gasteiger partial charge in [0.15, 0.2) is 0 Å². The molecule has 4 nitrogen and oxygen atoms in total. The summed E-state index contributed by atoms with van der Waals surface area (Å²) in [6, 6.07) is 5.48. The highest BCUT2D eigenvalue weighted by Crippen LogP contribution is 2.23. The summed E-state index contributed by atoms with van der Waals surface area (Å²) in [4.78, 5) is 13.5. The predicted octanol–water partition coefficient (Wildman–Crippen LogP) is 3.32. The lowest BCUT2D eigenvalue weighted by Gasteiger charge is -2.24. The molecule has 1 aliphatic carbocycles. The number of rotatable bonds is 6. The Bertz CT molecular complexity index is 473. The van der Waals surface area contributed by atoms with Crippen molar-refractivity contribution in [2.45, 2.75) is 31.7 Å². The highest BCUT2D eigenvalue weighted by Gasteiger charge is 2.19. The molecular formula is C15H21ClN2O2. The molecule has 2 N–H and O–H groups in total. The largest absolute Gasteiger partial charge is 0.478 e. The lowest BCUT2D eigenvalue weighted by atomic mass is 10.2. The Kier molecular flexibility index (Phi) is 5.26. The number of aromatic carboxylic acids is 1. The number of hydrogen-bond acceptors (Lipinski definition) is 3. The second-order valence-corrected chi connectivity index (χ2v) is 5.78. The third kappa shape index (κ3) is 3.87. The molecule has 0 bridgehead atoms. The zero-order valence-electron chi connectivity index (χ0n) is 11.7. The Labute approximate surface area is 124 Å². The van der Waals surface area contributed by atoms with E-state index >= 15 is 0 Å². The molecule has 0 atom stereocenters. The van der Waals surface area contributed by atoms with E-state index in [0.717, 1.165) is 6.54 Å². The fourth-order valence-corrected chi connectivity index (χ4v) is 2.92. The second kappa shape index (κ2) is 6.95. The quantitative estimate of drug-likeness (QED) is 0.845. The summed E-state index contributed by atoms with van der Waals surface area (Å²) in [7, 11) is 2.13. The first-order valence-electron chi connectivity index (χ1n) is 7.05. The minimum atomic E-state index is -0.937. The Morgan fingerprint density at radius 3 is 2.80 bits per heavy atom. The first-order valence-corrected chi connectivity index (χ1v) is 7.42. The van der Waals surface area contributed by atoms with Crippen molar-refractivity contribution in [2.75, 3.05) is 25.5 Å². The van der Waals surface area contributed by atoms with Crippen LogP contribution in [0.5, 0.6) is 0 Å². The van der Waals surface area contributed by atoms with E-state index in [1.807, 2.05) is 0 Å². The number of benzene rings is 1. The average Bonchev–Trinajstić information content (AvgIpc) is 2.92. The van der Waals surface area contributed by atoms with Crippen LogP contribution >= 0.6 is 11.6 Å². The van der Waals surface area contributed by atoms with Gasteiger partial charge in [-0.05, 0) is 38.1 Å². The predicted molar refractivity (Wildman–Crippen MR) is 81.8 cm³/mol. The van der Waals surface area contributed by atoms with Crippen LogP contribution in [-0.2, 0) is 0 Å². The summed E-state index contributed by atoms with van der Waals surface area (Å²) >= 11 is 5.92.